The van der Waals surface area contributed by atoms with Gasteiger partial charge in [0.25, 0.3) is 0 Å². The zero-order chi connectivity index (χ0) is 13.8. The molecule has 0 aliphatic rings. The van der Waals surface area contributed by atoms with E-state index in [2.05, 4.69) is 38.1 Å². The number of para-hydroxylation sites is 2. The van der Waals surface area contributed by atoms with Gasteiger partial charge < -0.3 is 4.74 Å². The van der Waals surface area contributed by atoms with Crippen LogP contribution in [0.15, 0.2) is 54.6 Å². The summed E-state index contributed by atoms with van der Waals surface area (Å²) in [5.74, 6) is 1.49. The lowest BCUT2D eigenvalue weighted by Crippen LogP contribution is -2.07. The van der Waals surface area contributed by atoms with Crippen LogP contribution >= 0.6 is 22.6 Å². The normalized spacial score (nSPS) is 10.4. The Hall–Kier alpha value is -1.96. The number of rotatable bonds is 4. The topological polar surface area (TPSA) is 52.8 Å². The predicted molar refractivity (Wildman–Crippen MR) is 82.6 cm³/mol. The maximum Gasteiger partial charge on any atom is 0.194 e. The first-order valence-electron chi connectivity index (χ1n) is 6.04. The first-order chi connectivity index (χ1) is 9.84. The van der Waals surface area contributed by atoms with Crippen LogP contribution in [-0.4, -0.2) is 20.2 Å². The van der Waals surface area contributed by atoms with Crippen molar-refractivity contribution in [3.8, 4) is 11.4 Å². The lowest BCUT2D eigenvalue weighted by molar-refractivity contribution is 0.290. The molecule has 1 aromatic heterocycles. The predicted octanol–water partition coefficient (Wildman–Crippen LogP) is 2.85. The second-order valence-corrected chi connectivity index (χ2v) is 5.22. The SMILES string of the molecule is Ic1ccccc1OCc1nnnn1-c1ccccc1. The number of benzene rings is 2. The molecule has 0 amide bonds. The van der Waals surface area contributed by atoms with E-state index in [-0.39, 0.29) is 0 Å². The van der Waals surface area contributed by atoms with E-state index in [0.29, 0.717) is 12.4 Å². The molecule has 0 aliphatic carbocycles. The highest BCUT2D eigenvalue weighted by Gasteiger charge is 2.09. The molecule has 0 N–H and O–H groups in total. The van der Waals surface area contributed by atoms with E-state index >= 15 is 0 Å². The standard InChI is InChI=1S/C14H11IN4O/c15-12-8-4-5-9-13(12)20-10-14-16-17-18-19(14)11-6-2-1-3-7-11/h1-9H,10H2. The molecule has 100 valence electrons. The van der Waals surface area contributed by atoms with Crippen molar-refractivity contribution in [2.75, 3.05) is 0 Å². The summed E-state index contributed by atoms with van der Waals surface area (Å²) in [4.78, 5) is 0. The van der Waals surface area contributed by atoms with Gasteiger partial charge in [-0.05, 0) is 57.3 Å². The number of tetrazole rings is 1. The van der Waals surface area contributed by atoms with Gasteiger partial charge >= 0.3 is 0 Å². The quantitative estimate of drug-likeness (QED) is 0.656. The Morgan fingerprint density at radius 1 is 1.00 bits per heavy atom. The first kappa shape index (κ1) is 13.0. The number of hydrogen-bond donors (Lipinski definition) is 0. The molecule has 0 atom stereocenters. The molecular formula is C14H11IN4O. The zero-order valence-electron chi connectivity index (χ0n) is 10.5. The molecule has 0 unspecified atom stereocenters. The average Bonchev–Trinajstić information content (AvgIpc) is 2.96. The minimum atomic E-state index is 0.321. The number of aromatic nitrogens is 4. The largest absolute Gasteiger partial charge is 0.484 e. The summed E-state index contributed by atoms with van der Waals surface area (Å²) >= 11 is 2.24. The third kappa shape index (κ3) is 2.79. The molecule has 6 heteroatoms. The smallest absolute Gasteiger partial charge is 0.194 e. The van der Waals surface area contributed by atoms with Crippen molar-refractivity contribution in [2.24, 2.45) is 0 Å². The highest BCUT2D eigenvalue weighted by molar-refractivity contribution is 14.1. The molecule has 0 aliphatic heterocycles. The lowest BCUT2D eigenvalue weighted by Gasteiger charge is -2.08. The van der Waals surface area contributed by atoms with Crippen LogP contribution in [0, 0.1) is 3.57 Å². The fraction of sp³-hybridized carbons (Fsp3) is 0.0714. The van der Waals surface area contributed by atoms with E-state index in [1.165, 1.54) is 0 Å². The van der Waals surface area contributed by atoms with E-state index in [1.54, 1.807) is 4.68 Å². The number of ether oxygens (including phenoxy) is 1. The molecule has 0 saturated carbocycles. The maximum absolute atomic E-state index is 5.77. The number of nitrogens with zero attached hydrogens (tertiary/aromatic N) is 4. The van der Waals surface area contributed by atoms with E-state index in [0.717, 1.165) is 15.0 Å². The molecule has 20 heavy (non-hydrogen) atoms. The van der Waals surface area contributed by atoms with Crippen LogP contribution in [0.2, 0.25) is 0 Å². The zero-order valence-corrected chi connectivity index (χ0v) is 12.6. The van der Waals surface area contributed by atoms with Crippen LogP contribution < -0.4 is 4.74 Å². The second kappa shape index (κ2) is 6.00. The Morgan fingerprint density at radius 3 is 2.55 bits per heavy atom. The van der Waals surface area contributed by atoms with Gasteiger partial charge in [-0.25, -0.2) is 0 Å². The fourth-order valence-electron chi connectivity index (χ4n) is 1.77. The van der Waals surface area contributed by atoms with Crippen molar-refractivity contribution in [1.29, 1.82) is 0 Å². The van der Waals surface area contributed by atoms with Gasteiger partial charge in [-0.15, -0.1) is 5.10 Å². The van der Waals surface area contributed by atoms with Gasteiger partial charge in [0.2, 0.25) is 0 Å². The van der Waals surface area contributed by atoms with Crippen molar-refractivity contribution >= 4 is 22.6 Å². The highest BCUT2D eigenvalue weighted by Crippen LogP contribution is 2.20. The molecule has 0 bridgehead atoms. The molecule has 0 saturated heterocycles. The summed E-state index contributed by atoms with van der Waals surface area (Å²) in [5, 5.41) is 11.7. The summed E-state index contributed by atoms with van der Waals surface area (Å²) in [7, 11) is 0. The summed E-state index contributed by atoms with van der Waals surface area (Å²) in [5.41, 5.74) is 0.916. The van der Waals surface area contributed by atoms with Crippen LogP contribution in [-0.2, 0) is 6.61 Å². The van der Waals surface area contributed by atoms with Crippen molar-refractivity contribution in [1.82, 2.24) is 20.2 Å². The van der Waals surface area contributed by atoms with Crippen molar-refractivity contribution in [3.63, 3.8) is 0 Å². The highest BCUT2D eigenvalue weighted by atomic mass is 127. The van der Waals surface area contributed by atoms with Crippen molar-refractivity contribution in [3.05, 3.63) is 64.0 Å². The summed E-state index contributed by atoms with van der Waals surface area (Å²) in [6.45, 7) is 0.321. The van der Waals surface area contributed by atoms with E-state index in [9.17, 15) is 0 Å². The molecule has 1 heterocycles. The lowest BCUT2D eigenvalue weighted by atomic mass is 10.3. The molecule has 5 nitrogen and oxygen atoms in total. The maximum atomic E-state index is 5.77. The van der Waals surface area contributed by atoms with Gasteiger partial charge in [0.05, 0.1) is 9.26 Å². The van der Waals surface area contributed by atoms with Gasteiger partial charge in [-0.1, -0.05) is 30.3 Å². The Bertz CT molecular complexity index is 699. The number of halogens is 1. The van der Waals surface area contributed by atoms with Crippen LogP contribution in [0.5, 0.6) is 5.75 Å². The fourth-order valence-corrected chi connectivity index (χ4v) is 2.31. The van der Waals surface area contributed by atoms with Crippen LogP contribution in [0.4, 0.5) is 0 Å². The Labute approximate surface area is 129 Å². The van der Waals surface area contributed by atoms with E-state index < -0.39 is 0 Å². The molecule has 0 fully saturated rings. The average molecular weight is 378 g/mol. The monoisotopic (exact) mass is 378 g/mol. The van der Waals surface area contributed by atoms with E-state index in [4.69, 9.17) is 4.74 Å². The van der Waals surface area contributed by atoms with Gasteiger partial charge in [0.15, 0.2) is 5.82 Å². The van der Waals surface area contributed by atoms with Gasteiger partial charge in [-0.3, -0.25) is 0 Å². The first-order valence-corrected chi connectivity index (χ1v) is 7.12. The van der Waals surface area contributed by atoms with E-state index in [1.807, 2.05) is 54.6 Å². The molecule has 0 spiro atoms. The molecule has 3 aromatic rings. The molecule has 2 aromatic carbocycles. The third-order valence-electron chi connectivity index (χ3n) is 2.73. The van der Waals surface area contributed by atoms with Crippen LogP contribution in [0.3, 0.4) is 0 Å². The summed E-state index contributed by atoms with van der Waals surface area (Å²) < 4.78 is 8.51. The molecule has 3 rings (SSSR count). The minimum Gasteiger partial charge on any atom is -0.484 e. The Balaban J connectivity index is 1.80. The van der Waals surface area contributed by atoms with Crippen LogP contribution in [0.25, 0.3) is 5.69 Å². The molecular weight excluding hydrogens is 367 g/mol. The van der Waals surface area contributed by atoms with Crippen molar-refractivity contribution < 1.29 is 4.74 Å². The summed E-state index contributed by atoms with van der Waals surface area (Å²) in [6, 6.07) is 17.6. The second-order valence-electron chi connectivity index (χ2n) is 4.06. The van der Waals surface area contributed by atoms with Gasteiger partial charge in [0.1, 0.15) is 12.4 Å². The Morgan fingerprint density at radius 2 is 1.75 bits per heavy atom. The molecule has 0 radical (unpaired) electrons. The summed E-state index contributed by atoms with van der Waals surface area (Å²) in [6.07, 6.45) is 0. The minimum absolute atomic E-state index is 0.321. The van der Waals surface area contributed by atoms with Gasteiger partial charge in [0, 0.05) is 0 Å². The Kier molecular flexibility index (Phi) is 3.91. The third-order valence-corrected chi connectivity index (χ3v) is 3.62. The van der Waals surface area contributed by atoms with Gasteiger partial charge in [-0.2, -0.15) is 4.68 Å². The number of hydrogen-bond acceptors (Lipinski definition) is 4. The van der Waals surface area contributed by atoms with Crippen LogP contribution in [0.1, 0.15) is 5.82 Å². The van der Waals surface area contributed by atoms with Crippen molar-refractivity contribution in [2.45, 2.75) is 6.61 Å².